The molecular weight excluding hydrogens is 214 g/mol. The Balaban J connectivity index is 1.97. The molecule has 0 spiro atoms. The van der Waals surface area contributed by atoms with Crippen molar-refractivity contribution in [3.8, 4) is 0 Å². The maximum Gasteiger partial charge on any atom is 0.0608 e. The van der Waals surface area contributed by atoms with E-state index in [0.29, 0.717) is 5.92 Å². The fourth-order valence-electron chi connectivity index (χ4n) is 3.20. The van der Waals surface area contributed by atoms with Gasteiger partial charge < -0.3 is 10.5 Å². The van der Waals surface area contributed by atoms with Gasteiger partial charge in [-0.25, -0.2) is 10.4 Å². The molecule has 0 radical (unpaired) electrons. The topological polar surface area (TPSA) is 50.5 Å². The van der Waals surface area contributed by atoms with E-state index in [1.807, 2.05) is 0 Å². The van der Waals surface area contributed by atoms with Crippen LogP contribution in [0, 0.1) is 11.8 Å². The number of hydrazine groups is 1. The molecule has 0 aromatic rings. The van der Waals surface area contributed by atoms with Crippen molar-refractivity contribution in [1.82, 2.24) is 10.4 Å². The van der Waals surface area contributed by atoms with Crippen molar-refractivity contribution in [1.29, 1.82) is 0 Å². The standard InChI is InChI=1S/C13H27N3O/c1-11-3-4-13(10-14,12(2)9-11)15-16-5-7-17-8-6-16/h11-12,15H,3-10,14H2,1-2H3. The first kappa shape index (κ1) is 13.3. The van der Waals surface area contributed by atoms with Crippen LogP contribution in [0.2, 0.25) is 0 Å². The van der Waals surface area contributed by atoms with E-state index in [-0.39, 0.29) is 5.54 Å². The average molecular weight is 241 g/mol. The molecule has 2 rings (SSSR count). The Morgan fingerprint density at radius 3 is 2.65 bits per heavy atom. The SMILES string of the molecule is CC1CCC(CN)(NN2CCOCC2)C(C)C1. The molecule has 2 fully saturated rings. The van der Waals surface area contributed by atoms with Crippen LogP contribution in [0.3, 0.4) is 0 Å². The maximum absolute atomic E-state index is 6.07. The zero-order valence-electron chi connectivity index (χ0n) is 11.2. The molecule has 0 amide bonds. The molecule has 3 atom stereocenters. The minimum Gasteiger partial charge on any atom is -0.379 e. The summed E-state index contributed by atoms with van der Waals surface area (Å²) in [6.07, 6.45) is 3.77. The third-order valence-electron chi connectivity index (χ3n) is 4.54. The van der Waals surface area contributed by atoms with Gasteiger partial charge in [0.15, 0.2) is 0 Å². The molecule has 3 unspecified atom stereocenters. The molecule has 0 bridgehead atoms. The third kappa shape index (κ3) is 2.99. The Morgan fingerprint density at radius 2 is 2.06 bits per heavy atom. The van der Waals surface area contributed by atoms with Crippen molar-refractivity contribution < 1.29 is 4.74 Å². The first-order valence-electron chi connectivity index (χ1n) is 6.97. The Labute approximate surface area is 105 Å². The fraction of sp³-hybridized carbons (Fsp3) is 1.00. The van der Waals surface area contributed by atoms with Crippen molar-refractivity contribution in [2.45, 2.75) is 38.6 Å². The van der Waals surface area contributed by atoms with Gasteiger partial charge in [0.2, 0.25) is 0 Å². The van der Waals surface area contributed by atoms with Crippen LogP contribution in [0.5, 0.6) is 0 Å². The van der Waals surface area contributed by atoms with Crippen molar-refractivity contribution in [3.63, 3.8) is 0 Å². The van der Waals surface area contributed by atoms with E-state index < -0.39 is 0 Å². The van der Waals surface area contributed by atoms with E-state index >= 15 is 0 Å². The van der Waals surface area contributed by atoms with Gasteiger partial charge in [0, 0.05) is 25.2 Å². The Morgan fingerprint density at radius 1 is 1.35 bits per heavy atom. The summed E-state index contributed by atoms with van der Waals surface area (Å²) in [5.74, 6) is 1.50. The minimum absolute atomic E-state index is 0.115. The van der Waals surface area contributed by atoms with Crippen LogP contribution < -0.4 is 11.2 Å². The van der Waals surface area contributed by atoms with Gasteiger partial charge in [-0.1, -0.05) is 13.8 Å². The molecule has 1 saturated carbocycles. The fourth-order valence-corrected chi connectivity index (χ4v) is 3.20. The zero-order valence-corrected chi connectivity index (χ0v) is 11.2. The lowest BCUT2D eigenvalue weighted by atomic mass is 9.70. The summed E-state index contributed by atoms with van der Waals surface area (Å²) >= 11 is 0. The van der Waals surface area contributed by atoms with E-state index in [1.165, 1.54) is 19.3 Å². The van der Waals surface area contributed by atoms with E-state index in [2.05, 4.69) is 24.3 Å². The van der Waals surface area contributed by atoms with Crippen molar-refractivity contribution in [2.75, 3.05) is 32.8 Å². The number of hydrogen-bond acceptors (Lipinski definition) is 4. The zero-order chi connectivity index (χ0) is 12.3. The third-order valence-corrected chi connectivity index (χ3v) is 4.54. The number of nitrogens with one attached hydrogen (secondary N) is 1. The number of hydrogen-bond donors (Lipinski definition) is 2. The van der Waals surface area contributed by atoms with Gasteiger partial charge in [-0.05, 0) is 31.1 Å². The van der Waals surface area contributed by atoms with Crippen LogP contribution in [0.4, 0.5) is 0 Å². The van der Waals surface area contributed by atoms with Crippen molar-refractivity contribution in [2.24, 2.45) is 17.6 Å². The summed E-state index contributed by atoms with van der Waals surface area (Å²) in [6.45, 7) is 9.05. The Kier molecular flexibility index (Phi) is 4.42. The van der Waals surface area contributed by atoms with Crippen LogP contribution in [-0.2, 0) is 4.74 Å². The summed E-state index contributed by atoms with van der Waals surface area (Å²) in [4.78, 5) is 0. The number of nitrogens with zero attached hydrogens (tertiary/aromatic N) is 1. The molecule has 1 aliphatic heterocycles. The van der Waals surface area contributed by atoms with Crippen molar-refractivity contribution in [3.05, 3.63) is 0 Å². The molecule has 0 aromatic carbocycles. The first-order valence-corrected chi connectivity index (χ1v) is 6.97. The number of morpholine rings is 1. The molecule has 17 heavy (non-hydrogen) atoms. The van der Waals surface area contributed by atoms with Gasteiger partial charge >= 0.3 is 0 Å². The van der Waals surface area contributed by atoms with Gasteiger partial charge in [0.1, 0.15) is 0 Å². The molecule has 1 heterocycles. The maximum atomic E-state index is 6.07. The second-order valence-corrected chi connectivity index (χ2v) is 5.85. The highest BCUT2D eigenvalue weighted by molar-refractivity contribution is 4.97. The van der Waals surface area contributed by atoms with E-state index in [0.717, 1.165) is 38.8 Å². The number of rotatable bonds is 3. The van der Waals surface area contributed by atoms with Crippen LogP contribution in [0.15, 0.2) is 0 Å². The van der Waals surface area contributed by atoms with Crippen LogP contribution >= 0.6 is 0 Å². The van der Waals surface area contributed by atoms with E-state index in [1.54, 1.807) is 0 Å². The summed E-state index contributed by atoms with van der Waals surface area (Å²) in [6, 6.07) is 0. The minimum atomic E-state index is 0.115. The largest absolute Gasteiger partial charge is 0.379 e. The second-order valence-electron chi connectivity index (χ2n) is 5.85. The second kappa shape index (κ2) is 5.65. The highest BCUT2D eigenvalue weighted by Crippen LogP contribution is 2.36. The molecule has 2 aliphatic rings. The highest BCUT2D eigenvalue weighted by Gasteiger charge is 2.40. The first-order chi connectivity index (χ1) is 8.16. The van der Waals surface area contributed by atoms with Gasteiger partial charge in [-0.15, -0.1) is 0 Å². The average Bonchev–Trinajstić information content (AvgIpc) is 2.34. The van der Waals surface area contributed by atoms with E-state index in [9.17, 15) is 0 Å². The Hall–Kier alpha value is -0.160. The van der Waals surface area contributed by atoms with Crippen molar-refractivity contribution >= 4 is 0 Å². The lowest BCUT2D eigenvalue weighted by Gasteiger charge is -2.48. The van der Waals surface area contributed by atoms with Crippen LogP contribution in [0.25, 0.3) is 0 Å². The molecule has 100 valence electrons. The van der Waals surface area contributed by atoms with Gasteiger partial charge in [0.25, 0.3) is 0 Å². The summed E-state index contributed by atoms with van der Waals surface area (Å²) in [7, 11) is 0. The smallest absolute Gasteiger partial charge is 0.0608 e. The monoisotopic (exact) mass is 241 g/mol. The molecule has 1 aliphatic carbocycles. The molecule has 1 saturated heterocycles. The van der Waals surface area contributed by atoms with Crippen LogP contribution in [-0.4, -0.2) is 43.4 Å². The predicted molar refractivity (Wildman–Crippen MR) is 69.5 cm³/mol. The van der Waals surface area contributed by atoms with Gasteiger partial charge in [-0.3, -0.25) is 0 Å². The quantitative estimate of drug-likeness (QED) is 0.773. The molecule has 4 nitrogen and oxygen atoms in total. The predicted octanol–water partition coefficient (Wildman–Crippen LogP) is 0.977. The number of nitrogens with two attached hydrogens (primary N) is 1. The normalized spacial score (nSPS) is 40.4. The van der Waals surface area contributed by atoms with Crippen LogP contribution in [0.1, 0.15) is 33.1 Å². The lowest BCUT2D eigenvalue weighted by molar-refractivity contribution is -0.0342. The van der Waals surface area contributed by atoms with Gasteiger partial charge in [-0.2, -0.15) is 0 Å². The summed E-state index contributed by atoms with van der Waals surface area (Å²) in [5, 5.41) is 2.31. The molecule has 0 aromatic heterocycles. The molecule has 3 N–H and O–H groups in total. The summed E-state index contributed by atoms with van der Waals surface area (Å²) in [5.41, 5.74) is 9.91. The highest BCUT2D eigenvalue weighted by atomic mass is 16.5. The summed E-state index contributed by atoms with van der Waals surface area (Å²) < 4.78 is 5.39. The lowest BCUT2D eigenvalue weighted by Crippen LogP contribution is -2.64. The number of ether oxygens (including phenoxy) is 1. The Bertz CT molecular complexity index is 243. The van der Waals surface area contributed by atoms with E-state index in [4.69, 9.17) is 10.5 Å². The molecule has 4 heteroatoms. The van der Waals surface area contributed by atoms with Gasteiger partial charge in [0.05, 0.1) is 13.2 Å². The molecular formula is C13H27N3O.